The molecule has 2 N–H and O–H groups in total. The number of aryl methyl sites for hydroxylation is 1. The molecule has 10 heteroatoms. The van der Waals surface area contributed by atoms with Crippen LogP contribution in [-0.2, 0) is 9.47 Å². The van der Waals surface area contributed by atoms with Crippen molar-refractivity contribution in [2.75, 3.05) is 12.3 Å². The van der Waals surface area contributed by atoms with Gasteiger partial charge in [0.2, 0.25) is 0 Å². The molecule has 1 aromatic heterocycles. The Morgan fingerprint density at radius 2 is 2.22 bits per heavy atom. The van der Waals surface area contributed by atoms with E-state index in [9.17, 15) is 9.59 Å². The van der Waals surface area contributed by atoms with Crippen molar-refractivity contribution in [3.63, 3.8) is 0 Å². The first-order valence-corrected chi connectivity index (χ1v) is 8.26. The van der Waals surface area contributed by atoms with Crippen molar-refractivity contribution >= 4 is 11.8 Å². The Hall–Kier alpha value is -3.36. The Morgan fingerprint density at radius 1 is 1.48 bits per heavy atom. The van der Waals surface area contributed by atoms with Gasteiger partial charge in [-0.15, -0.1) is 0 Å². The number of nitrogens with two attached hydrogens (primary N) is 1. The van der Waals surface area contributed by atoms with Gasteiger partial charge in [-0.3, -0.25) is 4.57 Å². The molecule has 1 aliphatic rings. The zero-order chi connectivity index (χ0) is 19.4. The highest BCUT2D eigenvalue weighted by atomic mass is 16.6. The Morgan fingerprint density at radius 3 is 2.93 bits per heavy atom. The number of carbonyl (C=O) groups excluding carboxylic acids is 1. The summed E-state index contributed by atoms with van der Waals surface area (Å²) in [6, 6.07) is 7.92. The zero-order valence-corrected chi connectivity index (χ0v) is 14.6. The van der Waals surface area contributed by atoms with Crippen molar-refractivity contribution in [2.45, 2.75) is 31.7 Å². The number of azide groups is 1. The van der Waals surface area contributed by atoms with E-state index in [1.54, 1.807) is 43.5 Å². The Bertz CT molecular complexity index is 938. The third-order valence-corrected chi connectivity index (χ3v) is 4.28. The fourth-order valence-electron chi connectivity index (χ4n) is 2.82. The molecule has 1 fully saturated rings. The molecule has 3 atom stereocenters. The van der Waals surface area contributed by atoms with Gasteiger partial charge in [0.15, 0.2) is 0 Å². The van der Waals surface area contributed by atoms with Gasteiger partial charge < -0.3 is 15.2 Å². The number of hydrogen-bond donors (Lipinski definition) is 1. The number of nitrogen functional groups attached to an aromatic ring is 1. The molecule has 27 heavy (non-hydrogen) atoms. The summed E-state index contributed by atoms with van der Waals surface area (Å²) in [7, 11) is 0. The summed E-state index contributed by atoms with van der Waals surface area (Å²) in [4.78, 5) is 30.8. The summed E-state index contributed by atoms with van der Waals surface area (Å²) >= 11 is 0. The zero-order valence-electron chi connectivity index (χ0n) is 14.6. The second kappa shape index (κ2) is 7.90. The minimum absolute atomic E-state index is 0.107. The molecule has 10 nitrogen and oxygen atoms in total. The van der Waals surface area contributed by atoms with Crippen molar-refractivity contribution in [1.29, 1.82) is 0 Å². The molecule has 0 unspecified atom stereocenters. The summed E-state index contributed by atoms with van der Waals surface area (Å²) in [6.45, 7) is 1.61. The lowest BCUT2D eigenvalue weighted by Crippen LogP contribution is -2.29. The Kier molecular flexibility index (Phi) is 5.39. The SMILES string of the molecule is Cc1cn([C@@H]2C[C@@H](N=[N+]=[N-])[C@@H](COC(=O)c3ccccc3)O2)c(=O)nc1N. The van der Waals surface area contributed by atoms with Crippen LogP contribution in [0.15, 0.2) is 46.4 Å². The van der Waals surface area contributed by atoms with E-state index in [2.05, 4.69) is 15.0 Å². The predicted molar refractivity (Wildman–Crippen MR) is 95.8 cm³/mol. The number of benzene rings is 1. The molecule has 0 radical (unpaired) electrons. The molecule has 140 valence electrons. The molecular weight excluding hydrogens is 352 g/mol. The van der Waals surface area contributed by atoms with E-state index < -0.39 is 30.0 Å². The van der Waals surface area contributed by atoms with Crippen LogP contribution in [0.25, 0.3) is 10.4 Å². The molecule has 0 amide bonds. The highest BCUT2D eigenvalue weighted by Crippen LogP contribution is 2.30. The summed E-state index contributed by atoms with van der Waals surface area (Å²) in [5, 5.41) is 3.70. The van der Waals surface area contributed by atoms with Crippen LogP contribution in [0.4, 0.5) is 5.82 Å². The molecule has 0 aliphatic carbocycles. The second-order valence-corrected chi connectivity index (χ2v) is 6.10. The van der Waals surface area contributed by atoms with Gasteiger partial charge in [0.05, 0.1) is 11.6 Å². The largest absolute Gasteiger partial charge is 0.459 e. The van der Waals surface area contributed by atoms with Gasteiger partial charge in [0.1, 0.15) is 24.8 Å². The lowest BCUT2D eigenvalue weighted by atomic mass is 10.1. The van der Waals surface area contributed by atoms with Crippen molar-refractivity contribution in [2.24, 2.45) is 5.11 Å². The first-order chi connectivity index (χ1) is 13.0. The summed E-state index contributed by atoms with van der Waals surface area (Å²) < 4.78 is 12.4. The van der Waals surface area contributed by atoms with Crippen LogP contribution in [0.2, 0.25) is 0 Å². The third-order valence-electron chi connectivity index (χ3n) is 4.28. The molecule has 3 rings (SSSR count). The van der Waals surface area contributed by atoms with Crippen LogP contribution < -0.4 is 11.4 Å². The van der Waals surface area contributed by atoms with E-state index in [1.807, 2.05) is 0 Å². The minimum Gasteiger partial charge on any atom is -0.459 e. The fourth-order valence-corrected chi connectivity index (χ4v) is 2.82. The Balaban J connectivity index is 1.74. The average molecular weight is 370 g/mol. The van der Waals surface area contributed by atoms with E-state index in [0.29, 0.717) is 11.1 Å². The lowest BCUT2D eigenvalue weighted by Gasteiger charge is -2.17. The third kappa shape index (κ3) is 4.08. The van der Waals surface area contributed by atoms with E-state index in [1.165, 1.54) is 4.57 Å². The normalized spacial score (nSPS) is 21.4. The number of rotatable bonds is 5. The molecule has 1 aromatic carbocycles. The van der Waals surface area contributed by atoms with Gasteiger partial charge >= 0.3 is 11.7 Å². The van der Waals surface area contributed by atoms with Crippen LogP contribution in [0.5, 0.6) is 0 Å². The van der Waals surface area contributed by atoms with E-state index >= 15 is 0 Å². The highest BCUT2D eigenvalue weighted by Gasteiger charge is 2.37. The first-order valence-electron chi connectivity index (χ1n) is 8.26. The summed E-state index contributed by atoms with van der Waals surface area (Å²) in [6.07, 6.45) is 0.423. The van der Waals surface area contributed by atoms with E-state index in [0.717, 1.165) is 0 Å². The maximum absolute atomic E-state index is 12.1. The molecule has 0 spiro atoms. The highest BCUT2D eigenvalue weighted by molar-refractivity contribution is 5.89. The second-order valence-electron chi connectivity index (χ2n) is 6.10. The van der Waals surface area contributed by atoms with Crippen molar-refractivity contribution in [1.82, 2.24) is 9.55 Å². The minimum atomic E-state index is -0.694. The number of carbonyl (C=O) groups is 1. The number of ether oxygens (including phenoxy) is 2. The van der Waals surface area contributed by atoms with E-state index in [-0.39, 0.29) is 18.8 Å². The molecule has 0 saturated carbocycles. The molecule has 2 heterocycles. The molecule has 1 aliphatic heterocycles. The molecule has 0 bridgehead atoms. The Labute approximate surface area is 154 Å². The van der Waals surface area contributed by atoms with Gasteiger partial charge in [-0.25, -0.2) is 9.59 Å². The maximum atomic E-state index is 12.1. The monoisotopic (exact) mass is 370 g/mol. The molecular formula is C17H18N6O4. The van der Waals surface area contributed by atoms with Gasteiger partial charge in [-0.1, -0.05) is 23.3 Å². The van der Waals surface area contributed by atoms with Crippen LogP contribution >= 0.6 is 0 Å². The smallest absolute Gasteiger partial charge is 0.351 e. The number of aromatic nitrogens is 2. The average Bonchev–Trinajstić information content (AvgIpc) is 3.06. The number of anilines is 1. The number of hydrogen-bond acceptors (Lipinski definition) is 7. The van der Waals surface area contributed by atoms with Crippen LogP contribution in [0, 0.1) is 6.92 Å². The molecule has 2 aromatic rings. The fraction of sp³-hybridized carbons (Fsp3) is 0.353. The lowest BCUT2D eigenvalue weighted by molar-refractivity contribution is -0.0362. The number of esters is 1. The topological polar surface area (TPSA) is 145 Å². The van der Waals surface area contributed by atoms with Crippen LogP contribution in [0.3, 0.4) is 0 Å². The van der Waals surface area contributed by atoms with Gasteiger partial charge in [-0.2, -0.15) is 4.98 Å². The first kappa shape index (κ1) is 18.4. The van der Waals surface area contributed by atoms with Gasteiger partial charge in [0, 0.05) is 23.1 Å². The standard InChI is InChI=1S/C17H18N6O4/c1-10-8-23(17(25)20-15(10)18)14-7-12(21-22-19)13(27-14)9-26-16(24)11-5-3-2-4-6-11/h2-6,8,12-14H,7,9H2,1H3,(H2,18,20,25)/t12-,13-,14+/m1/s1. The predicted octanol–water partition coefficient (Wildman–Crippen LogP) is 1.96. The van der Waals surface area contributed by atoms with Crippen molar-refractivity contribution in [3.8, 4) is 0 Å². The van der Waals surface area contributed by atoms with Gasteiger partial charge in [0.25, 0.3) is 0 Å². The molecule has 1 saturated heterocycles. The summed E-state index contributed by atoms with van der Waals surface area (Å²) in [5.41, 5.74) is 14.9. The number of nitrogens with zero attached hydrogens (tertiary/aromatic N) is 5. The van der Waals surface area contributed by atoms with E-state index in [4.69, 9.17) is 20.7 Å². The van der Waals surface area contributed by atoms with Crippen molar-refractivity contribution in [3.05, 3.63) is 68.6 Å². The van der Waals surface area contributed by atoms with Gasteiger partial charge in [-0.05, 0) is 24.6 Å². The van der Waals surface area contributed by atoms with Crippen LogP contribution in [0.1, 0.15) is 28.6 Å². The maximum Gasteiger partial charge on any atom is 0.351 e. The van der Waals surface area contributed by atoms with Crippen molar-refractivity contribution < 1.29 is 14.3 Å². The quantitative estimate of drug-likeness (QED) is 0.368. The van der Waals surface area contributed by atoms with Crippen LogP contribution in [-0.4, -0.2) is 34.3 Å². The summed E-state index contributed by atoms with van der Waals surface area (Å²) in [5.74, 6) is -0.362.